The number of benzene rings is 1. The maximum absolute atomic E-state index is 6.00. The minimum atomic E-state index is -0.756. The van der Waals surface area contributed by atoms with Gasteiger partial charge in [-0.2, -0.15) is 5.10 Å². The van der Waals surface area contributed by atoms with Crippen LogP contribution in [0.15, 0.2) is 43.0 Å². The lowest BCUT2D eigenvalue weighted by molar-refractivity contribution is -0.186. The van der Waals surface area contributed by atoms with Gasteiger partial charge in [-0.25, -0.2) is 9.67 Å². The highest BCUT2D eigenvalue weighted by atomic mass is 16.7. The van der Waals surface area contributed by atoms with Crippen LogP contribution in [0.3, 0.4) is 0 Å². The van der Waals surface area contributed by atoms with Gasteiger partial charge < -0.3 is 9.47 Å². The van der Waals surface area contributed by atoms with Crippen molar-refractivity contribution in [3.05, 3.63) is 48.5 Å². The highest BCUT2D eigenvalue weighted by Gasteiger charge is 2.42. The molecule has 0 spiro atoms. The van der Waals surface area contributed by atoms with Gasteiger partial charge in [-0.15, -0.1) is 0 Å². The summed E-state index contributed by atoms with van der Waals surface area (Å²) in [7, 11) is 0. The van der Waals surface area contributed by atoms with Crippen molar-refractivity contribution in [2.24, 2.45) is 0 Å². The molecule has 1 unspecified atom stereocenters. The quantitative estimate of drug-likeness (QED) is 0.823. The third kappa shape index (κ3) is 2.02. The van der Waals surface area contributed by atoms with Gasteiger partial charge in [-0.3, -0.25) is 0 Å². The van der Waals surface area contributed by atoms with Crippen LogP contribution in [0, 0.1) is 0 Å². The molecule has 18 heavy (non-hydrogen) atoms. The van der Waals surface area contributed by atoms with Gasteiger partial charge in [0.25, 0.3) is 0 Å². The molecule has 0 N–H and O–H groups in total. The third-order valence-corrected chi connectivity index (χ3v) is 2.99. The van der Waals surface area contributed by atoms with E-state index in [1.54, 1.807) is 11.0 Å². The van der Waals surface area contributed by atoms with E-state index in [1.807, 2.05) is 37.3 Å². The Balaban J connectivity index is 1.94. The fourth-order valence-electron chi connectivity index (χ4n) is 2.19. The molecule has 0 radical (unpaired) electrons. The molecular weight excluding hydrogens is 230 g/mol. The minimum absolute atomic E-state index is 0.0775. The van der Waals surface area contributed by atoms with Crippen LogP contribution >= 0.6 is 0 Å². The molecule has 1 aromatic heterocycles. The summed E-state index contributed by atoms with van der Waals surface area (Å²) in [4.78, 5) is 3.95. The van der Waals surface area contributed by atoms with Crippen molar-refractivity contribution in [2.75, 3.05) is 6.61 Å². The monoisotopic (exact) mass is 245 g/mol. The molecule has 1 saturated heterocycles. The molecule has 1 aromatic carbocycles. The average Bonchev–Trinajstić information content (AvgIpc) is 3.02. The Kier molecular flexibility index (Phi) is 2.85. The topological polar surface area (TPSA) is 49.2 Å². The van der Waals surface area contributed by atoms with Crippen LogP contribution in [0.1, 0.15) is 12.5 Å². The van der Waals surface area contributed by atoms with Gasteiger partial charge >= 0.3 is 0 Å². The SMILES string of the molecule is C[C@@H]1COC(Cn2cncn2)(c2ccccc2)O1. The normalized spacial score (nSPS) is 27.5. The zero-order chi connectivity index (χ0) is 12.4. The largest absolute Gasteiger partial charge is 0.342 e. The lowest BCUT2D eigenvalue weighted by Gasteiger charge is -2.28. The molecule has 2 atom stereocenters. The van der Waals surface area contributed by atoms with E-state index < -0.39 is 5.79 Å². The fourth-order valence-corrected chi connectivity index (χ4v) is 2.19. The molecule has 0 amide bonds. The number of rotatable bonds is 3. The molecule has 1 fully saturated rings. The fraction of sp³-hybridized carbons (Fsp3) is 0.385. The van der Waals surface area contributed by atoms with E-state index in [4.69, 9.17) is 9.47 Å². The second-order valence-corrected chi connectivity index (χ2v) is 4.45. The lowest BCUT2D eigenvalue weighted by Crippen LogP contribution is -2.33. The van der Waals surface area contributed by atoms with Crippen LogP contribution in [0.2, 0.25) is 0 Å². The molecule has 1 aliphatic rings. The first kappa shape index (κ1) is 11.4. The van der Waals surface area contributed by atoms with Crippen molar-refractivity contribution < 1.29 is 9.47 Å². The smallest absolute Gasteiger partial charge is 0.215 e. The van der Waals surface area contributed by atoms with Crippen molar-refractivity contribution in [1.82, 2.24) is 14.8 Å². The van der Waals surface area contributed by atoms with E-state index in [2.05, 4.69) is 10.1 Å². The average molecular weight is 245 g/mol. The molecular formula is C13H15N3O2. The predicted octanol–water partition coefficient (Wildman–Crippen LogP) is 1.57. The molecule has 0 aliphatic carbocycles. The van der Waals surface area contributed by atoms with Crippen LogP contribution < -0.4 is 0 Å². The number of ether oxygens (including phenoxy) is 2. The number of hydrogen-bond acceptors (Lipinski definition) is 4. The summed E-state index contributed by atoms with van der Waals surface area (Å²) in [5, 5.41) is 4.12. The van der Waals surface area contributed by atoms with Crippen LogP contribution in [0.25, 0.3) is 0 Å². The maximum atomic E-state index is 6.00. The van der Waals surface area contributed by atoms with Gasteiger partial charge in [0.05, 0.1) is 12.7 Å². The lowest BCUT2D eigenvalue weighted by atomic mass is 10.1. The Bertz CT molecular complexity index is 500. The van der Waals surface area contributed by atoms with Crippen LogP contribution in [-0.2, 0) is 21.8 Å². The van der Waals surface area contributed by atoms with Gasteiger partial charge in [0.1, 0.15) is 19.2 Å². The third-order valence-electron chi connectivity index (χ3n) is 2.99. The summed E-state index contributed by atoms with van der Waals surface area (Å²) < 4.78 is 13.6. The first-order valence-corrected chi connectivity index (χ1v) is 5.98. The van der Waals surface area contributed by atoms with Gasteiger partial charge in [0.15, 0.2) is 0 Å². The van der Waals surface area contributed by atoms with Crippen LogP contribution in [0.5, 0.6) is 0 Å². The van der Waals surface area contributed by atoms with Gasteiger partial charge in [0.2, 0.25) is 5.79 Å². The van der Waals surface area contributed by atoms with E-state index in [1.165, 1.54) is 6.33 Å². The van der Waals surface area contributed by atoms with Crippen molar-refractivity contribution in [3.8, 4) is 0 Å². The van der Waals surface area contributed by atoms with Gasteiger partial charge in [-0.05, 0) is 6.92 Å². The molecule has 2 heterocycles. The molecule has 3 rings (SSSR count). The Morgan fingerprint density at radius 1 is 1.39 bits per heavy atom. The highest BCUT2D eigenvalue weighted by molar-refractivity contribution is 5.21. The molecule has 5 nitrogen and oxygen atoms in total. The van der Waals surface area contributed by atoms with Crippen LogP contribution in [-0.4, -0.2) is 27.5 Å². The maximum Gasteiger partial charge on any atom is 0.215 e. The summed E-state index contributed by atoms with van der Waals surface area (Å²) >= 11 is 0. The first-order valence-electron chi connectivity index (χ1n) is 5.98. The molecule has 1 aliphatic heterocycles. The molecule has 0 saturated carbocycles. The second kappa shape index (κ2) is 4.51. The molecule has 94 valence electrons. The Hall–Kier alpha value is -1.72. The zero-order valence-corrected chi connectivity index (χ0v) is 10.2. The number of aromatic nitrogens is 3. The standard InChI is InChI=1S/C13H15N3O2/c1-11-7-17-13(18-11,8-16-10-14-9-15-16)12-5-3-2-4-6-12/h2-6,9-11H,7-8H2,1H3/t11-,13?/m1/s1. The van der Waals surface area contributed by atoms with E-state index in [0.717, 1.165) is 5.56 Å². The summed E-state index contributed by atoms with van der Waals surface area (Å²) in [6, 6.07) is 9.96. The van der Waals surface area contributed by atoms with E-state index >= 15 is 0 Å². The molecule has 5 heteroatoms. The highest BCUT2D eigenvalue weighted by Crippen LogP contribution is 2.35. The van der Waals surface area contributed by atoms with Crippen molar-refractivity contribution in [2.45, 2.75) is 25.4 Å². The Labute approximate surface area is 105 Å². The number of hydrogen-bond donors (Lipinski definition) is 0. The predicted molar refractivity (Wildman–Crippen MR) is 64.6 cm³/mol. The van der Waals surface area contributed by atoms with Crippen LogP contribution in [0.4, 0.5) is 0 Å². The van der Waals surface area contributed by atoms with Crippen molar-refractivity contribution >= 4 is 0 Å². The summed E-state index contributed by atoms with van der Waals surface area (Å²) in [5.41, 5.74) is 1.00. The van der Waals surface area contributed by atoms with Gasteiger partial charge in [0, 0.05) is 5.56 Å². The molecule has 0 bridgehead atoms. The van der Waals surface area contributed by atoms with E-state index in [0.29, 0.717) is 13.2 Å². The summed E-state index contributed by atoms with van der Waals surface area (Å²) in [6.07, 6.45) is 3.26. The molecule has 2 aromatic rings. The Morgan fingerprint density at radius 2 is 2.22 bits per heavy atom. The summed E-state index contributed by atoms with van der Waals surface area (Å²) in [5.74, 6) is -0.756. The van der Waals surface area contributed by atoms with Gasteiger partial charge in [-0.1, -0.05) is 30.3 Å². The zero-order valence-electron chi connectivity index (χ0n) is 10.2. The van der Waals surface area contributed by atoms with E-state index in [-0.39, 0.29) is 6.10 Å². The van der Waals surface area contributed by atoms with Crippen molar-refractivity contribution in [3.63, 3.8) is 0 Å². The van der Waals surface area contributed by atoms with E-state index in [9.17, 15) is 0 Å². The minimum Gasteiger partial charge on any atom is -0.342 e. The second-order valence-electron chi connectivity index (χ2n) is 4.45. The first-order chi connectivity index (χ1) is 8.78. The summed E-state index contributed by atoms with van der Waals surface area (Å²) in [6.45, 7) is 3.09. The Morgan fingerprint density at radius 3 is 2.83 bits per heavy atom. The van der Waals surface area contributed by atoms with Crippen molar-refractivity contribution in [1.29, 1.82) is 0 Å². The number of nitrogens with zero attached hydrogens (tertiary/aromatic N) is 3.